The molecule has 0 bridgehead atoms. The lowest BCUT2D eigenvalue weighted by atomic mass is 10.1. The number of hydrogen-bond acceptors (Lipinski definition) is 4. The van der Waals surface area contributed by atoms with E-state index in [1.165, 1.54) is 14.2 Å². The molecule has 6 nitrogen and oxygen atoms in total. The minimum Gasteiger partial charge on any atom is -0.496 e. The third-order valence-corrected chi connectivity index (χ3v) is 5.86. The van der Waals surface area contributed by atoms with Gasteiger partial charge in [-0.25, -0.2) is 0 Å². The lowest BCUT2D eigenvalue weighted by molar-refractivity contribution is -0.122. The summed E-state index contributed by atoms with van der Waals surface area (Å²) in [5, 5.41) is 2.93. The van der Waals surface area contributed by atoms with Gasteiger partial charge in [-0.15, -0.1) is 0 Å². The highest BCUT2D eigenvalue weighted by Gasteiger charge is 2.32. The Morgan fingerprint density at radius 1 is 1.03 bits per heavy atom. The SMILES string of the molecule is COc1cccc(OC)c1C(=O)Nc1ccc2c(c1)N(C(=O)C1CCCC1)CC2. The van der Waals surface area contributed by atoms with Crippen molar-refractivity contribution in [3.63, 3.8) is 0 Å². The first-order valence-corrected chi connectivity index (χ1v) is 10.1. The number of rotatable bonds is 5. The number of ether oxygens (including phenoxy) is 2. The number of amides is 2. The van der Waals surface area contributed by atoms with Crippen molar-refractivity contribution in [3.8, 4) is 11.5 Å². The summed E-state index contributed by atoms with van der Waals surface area (Å²) in [6.45, 7) is 0.711. The van der Waals surface area contributed by atoms with Crippen molar-refractivity contribution in [1.82, 2.24) is 0 Å². The van der Waals surface area contributed by atoms with Gasteiger partial charge in [-0.05, 0) is 49.1 Å². The van der Waals surface area contributed by atoms with Gasteiger partial charge in [0.05, 0.1) is 14.2 Å². The van der Waals surface area contributed by atoms with Crippen molar-refractivity contribution >= 4 is 23.2 Å². The average Bonchev–Trinajstić information content (AvgIpc) is 3.42. The molecule has 0 unspecified atom stereocenters. The van der Waals surface area contributed by atoms with E-state index in [-0.39, 0.29) is 17.7 Å². The van der Waals surface area contributed by atoms with Crippen LogP contribution in [-0.4, -0.2) is 32.6 Å². The van der Waals surface area contributed by atoms with Crippen molar-refractivity contribution in [2.24, 2.45) is 5.92 Å². The van der Waals surface area contributed by atoms with Gasteiger partial charge < -0.3 is 19.7 Å². The van der Waals surface area contributed by atoms with E-state index in [1.807, 2.05) is 23.1 Å². The maximum absolute atomic E-state index is 12.9. The number of carbonyl (C=O) groups excluding carboxylic acids is 2. The maximum atomic E-state index is 12.9. The number of fused-ring (bicyclic) bond motifs is 1. The van der Waals surface area contributed by atoms with Crippen molar-refractivity contribution in [2.75, 3.05) is 31.0 Å². The van der Waals surface area contributed by atoms with Crippen LogP contribution in [0.15, 0.2) is 36.4 Å². The molecule has 152 valence electrons. The van der Waals surface area contributed by atoms with Gasteiger partial charge in [-0.3, -0.25) is 9.59 Å². The highest BCUT2D eigenvalue weighted by molar-refractivity contribution is 6.08. The number of carbonyl (C=O) groups is 2. The summed E-state index contributed by atoms with van der Waals surface area (Å²) in [4.78, 5) is 27.8. The van der Waals surface area contributed by atoms with Gasteiger partial charge in [0.25, 0.3) is 5.91 Å². The normalized spacial score (nSPS) is 15.9. The first kappa shape index (κ1) is 19.3. The van der Waals surface area contributed by atoms with Crippen LogP contribution in [0.4, 0.5) is 11.4 Å². The van der Waals surface area contributed by atoms with Crippen LogP contribution in [0.5, 0.6) is 11.5 Å². The van der Waals surface area contributed by atoms with Crippen LogP contribution in [0.3, 0.4) is 0 Å². The predicted molar refractivity (Wildman–Crippen MR) is 112 cm³/mol. The molecule has 1 heterocycles. The molecule has 2 aromatic rings. The topological polar surface area (TPSA) is 67.9 Å². The summed E-state index contributed by atoms with van der Waals surface area (Å²) >= 11 is 0. The fourth-order valence-corrected chi connectivity index (χ4v) is 4.35. The Kier molecular flexibility index (Phi) is 5.43. The minimum absolute atomic E-state index is 0.136. The van der Waals surface area contributed by atoms with E-state index in [9.17, 15) is 9.59 Å². The summed E-state index contributed by atoms with van der Waals surface area (Å²) in [7, 11) is 3.04. The van der Waals surface area contributed by atoms with Gasteiger partial charge in [0.1, 0.15) is 17.1 Å². The van der Waals surface area contributed by atoms with Crippen LogP contribution < -0.4 is 19.7 Å². The fraction of sp³-hybridized carbons (Fsp3) is 0.391. The highest BCUT2D eigenvalue weighted by atomic mass is 16.5. The second-order valence-electron chi connectivity index (χ2n) is 7.56. The summed E-state index contributed by atoms with van der Waals surface area (Å²) in [6, 6.07) is 11.0. The van der Waals surface area contributed by atoms with Crippen molar-refractivity contribution < 1.29 is 19.1 Å². The Morgan fingerprint density at radius 2 is 1.72 bits per heavy atom. The van der Waals surface area contributed by atoms with Crippen molar-refractivity contribution in [3.05, 3.63) is 47.5 Å². The van der Waals surface area contributed by atoms with E-state index in [2.05, 4.69) is 5.32 Å². The van der Waals surface area contributed by atoms with Crippen LogP contribution in [0.2, 0.25) is 0 Å². The summed E-state index contributed by atoms with van der Waals surface area (Å²) in [5.74, 6) is 0.932. The van der Waals surface area contributed by atoms with E-state index in [4.69, 9.17) is 9.47 Å². The molecule has 0 saturated heterocycles. The highest BCUT2D eigenvalue weighted by Crippen LogP contribution is 2.36. The van der Waals surface area contributed by atoms with E-state index in [1.54, 1.807) is 18.2 Å². The molecular formula is C23H26N2O4. The third-order valence-electron chi connectivity index (χ3n) is 5.86. The Labute approximate surface area is 170 Å². The molecule has 0 radical (unpaired) electrons. The Balaban J connectivity index is 1.58. The number of hydrogen-bond donors (Lipinski definition) is 1. The minimum atomic E-state index is -0.314. The average molecular weight is 394 g/mol. The number of nitrogens with zero attached hydrogens (tertiary/aromatic N) is 1. The van der Waals surface area contributed by atoms with E-state index >= 15 is 0 Å². The van der Waals surface area contributed by atoms with E-state index < -0.39 is 0 Å². The van der Waals surface area contributed by atoms with Crippen LogP contribution in [-0.2, 0) is 11.2 Å². The molecule has 2 amide bonds. The molecule has 2 aliphatic rings. The van der Waals surface area contributed by atoms with Crippen LogP contribution >= 0.6 is 0 Å². The largest absolute Gasteiger partial charge is 0.496 e. The first-order chi connectivity index (χ1) is 14.1. The lowest BCUT2D eigenvalue weighted by Gasteiger charge is -2.22. The predicted octanol–water partition coefficient (Wildman–Crippen LogP) is 4.04. The molecule has 1 aliphatic heterocycles. The molecule has 1 saturated carbocycles. The standard InChI is InChI=1S/C23H26N2O4/c1-28-19-8-5-9-20(29-2)21(19)22(26)24-17-11-10-15-12-13-25(18(15)14-17)23(27)16-6-3-4-7-16/h5,8-11,14,16H,3-4,6-7,12-13H2,1-2H3,(H,24,26). The molecule has 1 fully saturated rings. The Bertz CT molecular complexity index is 912. The van der Waals surface area contributed by atoms with Gasteiger partial charge >= 0.3 is 0 Å². The summed E-state index contributed by atoms with van der Waals surface area (Å²) in [6.07, 6.45) is 5.08. The van der Waals surface area contributed by atoms with Crippen molar-refractivity contribution in [1.29, 1.82) is 0 Å². The Hall–Kier alpha value is -3.02. The number of nitrogens with one attached hydrogen (secondary N) is 1. The second-order valence-corrected chi connectivity index (χ2v) is 7.56. The number of anilines is 2. The van der Waals surface area contributed by atoms with Gasteiger partial charge in [-0.1, -0.05) is 25.0 Å². The van der Waals surface area contributed by atoms with Crippen LogP contribution in [0.1, 0.15) is 41.6 Å². The first-order valence-electron chi connectivity index (χ1n) is 10.1. The summed E-state index contributed by atoms with van der Waals surface area (Å²) < 4.78 is 10.7. The number of benzene rings is 2. The van der Waals surface area contributed by atoms with Crippen LogP contribution in [0, 0.1) is 5.92 Å². The molecule has 29 heavy (non-hydrogen) atoms. The maximum Gasteiger partial charge on any atom is 0.263 e. The monoisotopic (exact) mass is 394 g/mol. The molecule has 0 atom stereocenters. The molecular weight excluding hydrogens is 368 g/mol. The molecule has 2 aromatic carbocycles. The van der Waals surface area contributed by atoms with E-state index in [0.29, 0.717) is 29.3 Å². The molecule has 6 heteroatoms. The third kappa shape index (κ3) is 3.67. The molecule has 4 rings (SSSR count). The smallest absolute Gasteiger partial charge is 0.263 e. The van der Waals surface area contributed by atoms with Crippen molar-refractivity contribution in [2.45, 2.75) is 32.1 Å². The summed E-state index contributed by atoms with van der Waals surface area (Å²) in [5.41, 5.74) is 3.04. The number of methoxy groups -OCH3 is 2. The van der Waals surface area contributed by atoms with Gasteiger partial charge in [0.2, 0.25) is 5.91 Å². The molecule has 1 N–H and O–H groups in total. The van der Waals surface area contributed by atoms with E-state index in [0.717, 1.165) is 43.4 Å². The zero-order valence-corrected chi connectivity index (χ0v) is 16.9. The zero-order chi connectivity index (χ0) is 20.4. The quantitative estimate of drug-likeness (QED) is 0.831. The van der Waals surface area contributed by atoms with Gasteiger partial charge in [-0.2, -0.15) is 0 Å². The lowest BCUT2D eigenvalue weighted by Crippen LogP contribution is -2.33. The molecule has 0 spiro atoms. The fourth-order valence-electron chi connectivity index (χ4n) is 4.35. The van der Waals surface area contributed by atoms with Gasteiger partial charge in [0.15, 0.2) is 0 Å². The zero-order valence-electron chi connectivity index (χ0n) is 16.9. The Morgan fingerprint density at radius 3 is 2.38 bits per heavy atom. The van der Waals surface area contributed by atoms with Crippen LogP contribution in [0.25, 0.3) is 0 Å². The second kappa shape index (κ2) is 8.15. The van der Waals surface area contributed by atoms with Gasteiger partial charge in [0, 0.05) is 23.8 Å². The molecule has 1 aliphatic carbocycles. The molecule has 0 aromatic heterocycles.